The van der Waals surface area contributed by atoms with E-state index in [9.17, 15) is 0 Å². The molecule has 3 fully saturated rings. The minimum absolute atomic E-state index is 0.0524. The summed E-state index contributed by atoms with van der Waals surface area (Å²) < 4.78 is 0. The van der Waals surface area contributed by atoms with Gasteiger partial charge in [0.15, 0.2) is 0 Å². The molecular formula is C15H29N7O. The lowest BCUT2D eigenvalue weighted by molar-refractivity contribution is -0.147. The summed E-state index contributed by atoms with van der Waals surface area (Å²) in [7, 11) is 2.00. The fraction of sp³-hybridized carbons (Fsp3) is 0.933. The molecule has 0 saturated carbocycles. The van der Waals surface area contributed by atoms with Gasteiger partial charge in [-0.25, -0.2) is 0 Å². The Labute approximate surface area is 138 Å². The Bertz CT molecular complexity index is 421. The molecule has 0 amide bonds. The van der Waals surface area contributed by atoms with E-state index < -0.39 is 0 Å². The highest BCUT2D eigenvalue weighted by molar-refractivity contribution is 4.95. The number of piperidine rings is 1. The minimum atomic E-state index is -0.0524. The molecule has 0 bridgehead atoms. The van der Waals surface area contributed by atoms with E-state index in [0.717, 1.165) is 25.9 Å². The maximum Gasteiger partial charge on any atom is 0.128 e. The van der Waals surface area contributed by atoms with Crippen LogP contribution in [0.2, 0.25) is 0 Å². The number of hydrogen-bond acceptors (Lipinski definition) is 8. The lowest BCUT2D eigenvalue weighted by atomic mass is 9.92. The van der Waals surface area contributed by atoms with E-state index in [1.165, 1.54) is 6.42 Å². The van der Waals surface area contributed by atoms with Gasteiger partial charge >= 0.3 is 0 Å². The van der Waals surface area contributed by atoms with Crippen LogP contribution in [-0.4, -0.2) is 62.5 Å². The number of nitriles is 1. The zero-order valence-corrected chi connectivity index (χ0v) is 14.0. The highest BCUT2D eigenvalue weighted by atomic mass is 16.7. The molecule has 0 aromatic rings. The van der Waals surface area contributed by atoms with Crippen molar-refractivity contribution in [2.75, 3.05) is 26.8 Å². The summed E-state index contributed by atoms with van der Waals surface area (Å²) in [6.07, 6.45) is 3.77. The van der Waals surface area contributed by atoms with E-state index in [0.29, 0.717) is 24.8 Å². The SMILES string of the molecule is CC1NC(C2CCC(CNC3CC(C#N)NCN3)NC2)N(C)O1. The van der Waals surface area contributed by atoms with Gasteiger partial charge in [0, 0.05) is 45.2 Å². The third-order valence-electron chi connectivity index (χ3n) is 5.06. The lowest BCUT2D eigenvalue weighted by Crippen LogP contribution is -2.58. The molecule has 0 aliphatic carbocycles. The second-order valence-electron chi connectivity index (χ2n) is 6.81. The molecular weight excluding hydrogens is 294 g/mol. The molecule has 0 aromatic carbocycles. The Hall–Kier alpha value is -0.790. The first-order valence-corrected chi connectivity index (χ1v) is 8.64. The first-order valence-electron chi connectivity index (χ1n) is 8.64. The van der Waals surface area contributed by atoms with E-state index >= 15 is 0 Å². The molecule has 3 aliphatic rings. The van der Waals surface area contributed by atoms with Crippen molar-refractivity contribution in [1.82, 2.24) is 31.6 Å². The molecule has 0 aromatic heterocycles. The zero-order valence-electron chi connectivity index (χ0n) is 14.0. The first-order chi connectivity index (χ1) is 11.2. The van der Waals surface area contributed by atoms with Crippen LogP contribution in [0.25, 0.3) is 0 Å². The van der Waals surface area contributed by atoms with Gasteiger partial charge in [0.2, 0.25) is 0 Å². The fourth-order valence-electron chi connectivity index (χ4n) is 3.75. The number of hydroxylamine groups is 2. The molecule has 3 saturated heterocycles. The van der Waals surface area contributed by atoms with Crippen LogP contribution in [0.1, 0.15) is 26.2 Å². The van der Waals surface area contributed by atoms with Gasteiger partial charge in [-0.1, -0.05) is 0 Å². The first kappa shape index (κ1) is 17.0. The quantitative estimate of drug-likeness (QED) is 0.442. The van der Waals surface area contributed by atoms with Crippen LogP contribution in [0.5, 0.6) is 0 Å². The molecule has 3 rings (SSSR count). The van der Waals surface area contributed by atoms with Gasteiger partial charge < -0.3 is 10.6 Å². The molecule has 6 unspecified atom stereocenters. The molecule has 130 valence electrons. The van der Waals surface area contributed by atoms with Gasteiger partial charge in [0.1, 0.15) is 6.23 Å². The van der Waals surface area contributed by atoms with Crippen LogP contribution in [-0.2, 0) is 4.84 Å². The molecule has 3 aliphatic heterocycles. The van der Waals surface area contributed by atoms with Crippen molar-refractivity contribution in [2.45, 2.75) is 56.8 Å². The summed E-state index contributed by atoms with van der Waals surface area (Å²) in [6.45, 7) is 4.67. The largest absolute Gasteiger partial charge is 0.312 e. The average Bonchev–Trinajstić information content (AvgIpc) is 2.92. The summed E-state index contributed by atoms with van der Waals surface area (Å²) in [6, 6.07) is 2.73. The number of rotatable bonds is 4. The smallest absolute Gasteiger partial charge is 0.128 e. The van der Waals surface area contributed by atoms with Crippen molar-refractivity contribution in [1.29, 1.82) is 5.26 Å². The highest BCUT2D eigenvalue weighted by Gasteiger charge is 2.35. The van der Waals surface area contributed by atoms with E-state index in [4.69, 9.17) is 10.1 Å². The number of hydrogen-bond donors (Lipinski definition) is 5. The minimum Gasteiger partial charge on any atom is -0.312 e. The van der Waals surface area contributed by atoms with Gasteiger partial charge in [-0.3, -0.25) is 20.8 Å². The van der Waals surface area contributed by atoms with Crippen molar-refractivity contribution in [3.63, 3.8) is 0 Å². The van der Waals surface area contributed by atoms with Gasteiger partial charge in [0.25, 0.3) is 0 Å². The molecule has 3 heterocycles. The predicted octanol–water partition coefficient (Wildman–Crippen LogP) is -1.16. The predicted molar refractivity (Wildman–Crippen MR) is 86.7 cm³/mol. The van der Waals surface area contributed by atoms with Gasteiger partial charge in [0.05, 0.1) is 24.4 Å². The number of nitrogens with one attached hydrogen (secondary N) is 5. The molecule has 6 atom stereocenters. The second kappa shape index (κ2) is 7.85. The van der Waals surface area contributed by atoms with Crippen LogP contribution in [0.3, 0.4) is 0 Å². The molecule has 5 N–H and O–H groups in total. The van der Waals surface area contributed by atoms with Crippen LogP contribution in [0.4, 0.5) is 0 Å². The lowest BCUT2D eigenvalue weighted by Gasteiger charge is -2.36. The molecule has 8 heteroatoms. The summed E-state index contributed by atoms with van der Waals surface area (Å²) in [5.74, 6) is 0.571. The summed E-state index contributed by atoms with van der Waals surface area (Å²) in [4.78, 5) is 5.64. The van der Waals surface area contributed by atoms with Crippen LogP contribution < -0.4 is 26.6 Å². The van der Waals surface area contributed by atoms with E-state index in [1.807, 2.05) is 19.0 Å². The van der Waals surface area contributed by atoms with Gasteiger partial charge in [-0.15, -0.1) is 0 Å². The van der Waals surface area contributed by atoms with Crippen molar-refractivity contribution in [3.05, 3.63) is 0 Å². The van der Waals surface area contributed by atoms with Crippen molar-refractivity contribution in [2.24, 2.45) is 5.92 Å². The average molecular weight is 323 g/mol. The van der Waals surface area contributed by atoms with Crippen LogP contribution in [0.15, 0.2) is 0 Å². The van der Waals surface area contributed by atoms with Gasteiger partial charge in [-0.2, -0.15) is 10.3 Å². The zero-order chi connectivity index (χ0) is 16.2. The van der Waals surface area contributed by atoms with E-state index in [2.05, 4.69) is 32.7 Å². The Morgan fingerprint density at radius 2 is 2.17 bits per heavy atom. The summed E-state index contributed by atoms with van der Waals surface area (Å²) in [5, 5.41) is 28.1. The third kappa shape index (κ3) is 4.39. The third-order valence-corrected chi connectivity index (χ3v) is 5.06. The van der Waals surface area contributed by atoms with Crippen LogP contribution >= 0.6 is 0 Å². The normalized spacial score (nSPS) is 42.5. The van der Waals surface area contributed by atoms with E-state index in [-0.39, 0.29) is 18.4 Å². The Balaban J connectivity index is 1.37. The topological polar surface area (TPSA) is 96.4 Å². The Morgan fingerprint density at radius 1 is 1.30 bits per heavy atom. The van der Waals surface area contributed by atoms with Crippen molar-refractivity contribution in [3.8, 4) is 6.07 Å². The monoisotopic (exact) mass is 323 g/mol. The molecule has 23 heavy (non-hydrogen) atoms. The Kier molecular flexibility index (Phi) is 5.82. The summed E-state index contributed by atoms with van der Waals surface area (Å²) in [5.41, 5.74) is 0. The molecule has 8 nitrogen and oxygen atoms in total. The van der Waals surface area contributed by atoms with Crippen molar-refractivity contribution < 1.29 is 4.84 Å². The maximum absolute atomic E-state index is 9.00. The maximum atomic E-state index is 9.00. The number of nitrogens with zero attached hydrogens (tertiary/aromatic N) is 2. The molecule has 0 spiro atoms. The van der Waals surface area contributed by atoms with Crippen LogP contribution in [0, 0.1) is 17.2 Å². The second-order valence-corrected chi connectivity index (χ2v) is 6.81. The summed E-state index contributed by atoms with van der Waals surface area (Å²) >= 11 is 0. The van der Waals surface area contributed by atoms with Crippen molar-refractivity contribution >= 4 is 0 Å². The Morgan fingerprint density at radius 3 is 2.83 bits per heavy atom. The molecule has 0 radical (unpaired) electrons. The fourth-order valence-corrected chi connectivity index (χ4v) is 3.75. The standard InChI is InChI=1S/C15H29N7O/c1-10-21-15(22(2)23-10)11-3-4-12(17-7-11)8-18-14-5-13(6-16)19-9-20-14/h10-15,17-21H,3-5,7-9H2,1-2H3. The van der Waals surface area contributed by atoms with Gasteiger partial charge in [-0.05, 0) is 19.8 Å². The van der Waals surface area contributed by atoms with E-state index in [1.54, 1.807) is 0 Å². The highest BCUT2D eigenvalue weighted by Crippen LogP contribution is 2.23.